The van der Waals surface area contributed by atoms with E-state index in [0.717, 1.165) is 22.3 Å². The lowest BCUT2D eigenvalue weighted by atomic mass is 9.77. The van der Waals surface area contributed by atoms with Crippen LogP contribution >= 0.6 is 0 Å². The molecule has 2 aliphatic heterocycles. The Labute approximate surface area is 219 Å². The van der Waals surface area contributed by atoms with Gasteiger partial charge in [0.25, 0.3) is 0 Å². The lowest BCUT2D eigenvalue weighted by Crippen LogP contribution is -2.25. The number of benzene rings is 3. The molecule has 4 aromatic rings. The Morgan fingerprint density at radius 1 is 0.897 bits per heavy atom. The van der Waals surface area contributed by atoms with Crippen LogP contribution in [0, 0.1) is 5.95 Å². The molecule has 11 heteroatoms. The molecule has 39 heavy (non-hydrogen) atoms. The molecule has 3 aromatic carbocycles. The van der Waals surface area contributed by atoms with Crippen molar-refractivity contribution >= 4 is 11.8 Å². The van der Waals surface area contributed by atoms with Crippen molar-refractivity contribution in [3.05, 3.63) is 113 Å². The van der Waals surface area contributed by atoms with Gasteiger partial charge in [-0.25, -0.2) is 14.8 Å². The summed E-state index contributed by atoms with van der Waals surface area (Å²) in [6.07, 6.45) is -3.64. The number of carbonyl (C=O) groups is 1. The third-order valence-electron chi connectivity index (χ3n) is 6.26. The number of hydrogen-bond acceptors (Lipinski definition) is 6. The van der Waals surface area contributed by atoms with E-state index in [4.69, 9.17) is 30.1 Å². The summed E-state index contributed by atoms with van der Waals surface area (Å²) in [5, 5.41) is 7.12. The van der Waals surface area contributed by atoms with Gasteiger partial charge in [-0.2, -0.15) is 17.6 Å². The van der Waals surface area contributed by atoms with Gasteiger partial charge in [-0.1, -0.05) is 48.5 Å². The molecule has 198 valence electrons. The van der Waals surface area contributed by atoms with E-state index in [0.29, 0.717) is 28.5 Å². The number of aliphatic imine (C=N–C) groups is 1. The maximum Gasteiger partial charge on any atom is 0.490 e. The Bertz CT molecular complexity index is 1610. The Morgan fingerprint density at radius 3 is 2.33 bits per heavy atom. The maximum atomic E-state index is 14.5. The number of pyridine rings is 1. The van der Waals surface area contributed by atoms with Gasteiger partial charge in [-0.3, -0.25) is 0 Å². The number of nitrogens with two attached hydrogens (primary N) is 1. The minimum Gasteiger partial charge on any atom is -0.475 e. The molecule has 0 radical (unpaired) electrons. The van der Waals surface area contributed by atoms with Crippen molar-refractivity contribution in [3.8, 4) is 22.6 Å². The fourth-order valence-corrected chi connectivity index (χ4v) is 4.56. The topological polar surface area (TPSA) is 107 Å². The number of amidine groups is 1. The van der Waals surface area contributed by atoms with Crippen LogP contribution in [0.5, 0.6) is 11.5 Å². The first-order chi connectivity index (χ1) is 18.6. The van der Waals surface area contributed by atoms with E-state index in [-0.39, 0.29) is 6.79 Å². The van der Waals surface area contributed by atoms with Crippen LogP contribution in [0.15, 0.2) is 90.1 Å². The van der Waals surface area contributed by atoms with Crippen molar-refractivity contribution in [2.24, 2.45) is 10.7 Å². The second-order valence-corrected chi connectivity index (χ2v) is 8.55. The molecule has 0 saturated carbocycles. The molecular weight excluding hydrogens is 518 g/mol. The molecule has 0 fully saturated rings. The van der Waals surface area contributed by atoms with Crippen molar-refractivity contribution in [2.75, 3.05) is 6.79 Å². The van der Waals surface area contributed by atoms with E-state index < -0.39 is 23.6 Å². The lowest BCUT2D eigenvalue weighted by molar-refractivity contribution is -0.192. The fourth-order valence-electron chi connectivity index (χ4n) is 4.56. The first kappa shape index (κ1) is 25.7. The Morgan fingerprint density at radius 2 is 1.59 bits per heavy atom. The average Bonchev–Trinajstić information content (AvgIpc) is 3.51. The third-order valence-corrected chi connectivity index (χ3v) is 6.26. The zero-order valence-corrected chi connectivity index (χ0v) is 19.9. The molecule has 0 amide bonds. The third kappa shape index (κ3) is 4.63. The summed E-state index contributed by atoms with van der Waals surface area (Å²) in [4.78, 5) is 17.7. The number of fused-ring (bicyclic) bond motifs is 2. The summed E-state index contributed by atoms with van der Waals surface area (Å²) in [5.41, 5.74) is 10.2. The predicted molar refractivity (Wildman–Crippen MR) is 133 cm³/mol. The van der Waals surface area contributed by atoms with Gasteiger partial charge in [-0.05, 0) is 52.6 Å². The number of hydrogen-bond donors (Lipinski definition) is 2. The first-order valence-electron chi connectivity index (χ1n) is 11.5. The highest BCUT2D eigenvalue weighted by molar-refractivity contribution is 6.03. The standard InChI is InChI=1S/C26H18FN3O2.C2HF3O2/c27-24-19(8-4-12-29-24)16-5-3-6-17(13-16)26(18-10-11-22-23(14-18)32-15-31-22)21-9-2-1-7-20(21)25(28)30-26;3-2(4,5)1(6)7/h1-14H,15H2,(H2,28,30);(H,6,7). The average molecular weight is 537 g/mol. The summed E-state index contributed by atoms with van der Waals surface area (Å²) < 4.78 is 57.3. The van der Waals surface area contributed by atoms with Crippen LogP contribution in [0.25, 0.3) is 11.1 Å². The number of rotatable bonds is 3. The minimum atomic E-state index is -5.08. The summed E-state index contributed by atoms with van der Waals surface area (Å²) in [5.74, 6) is -1.46. The van der Waals surface area contributed by atoms with Crippen LogP contribution in [0.3, 0.4) is 0 Å². The van der Waals surface area contributed by atoms with Crippen molar-refractivity contribution in [1.82, 2.24) is 4.98 Å². The number of carboxylic acid groups (broad SMARTS) is 1. The van der Waals surface area contributed by atoms with Crippen molar-refractivity contribution < 1.29 is 36.9 Å². The summed E-state index contributed by atoms with van der Waals surface area (Å²) >= 11 is 0. The molecule has 1 atom stereocenters. The Hall–Kier alpha value is -4.93. The summed E-state index contributed by atoms with van der Waals surface area (Å²) in [7, 11) is 0. The van der Waals surface area contributed by atoms with Crippen molar-refractivity contribution in [1.29, 1.82) is 0 Å². The number of ether oxygens (including phenoxy) is 2. The molecular formula is C28H19F4N3O4. The first-order valence-corrected chi connectivity index (χ1v) is 11.5. The van der Waals surface area contributed by atoms with Crippen LogP contribution in [0.1, 0.15) is 22.3 Å². The lowest BCUT2D eigenvalue weighted by Gasteiger charge is -2.29. The molecule has 0 spiro atoms. The van der Waals surface area contributed by atoms with Crippen LogP contribution in [0.4, 0.5) is 17.6 Å². The highest BCUT2D eigenvalue weighted by Crippen LogP contribution is 2.48. The van der Waals surface area contributed by atoms with E-state index in [9.17, 15) is 17.6 Å². The predicted octanol–water partition coefficient (Wildman–Crippen LogP) is 5.26. The van der Waals surface area contributed by atoms with Crippen molar-refractivity contribution in [2.45, 2.75) is 11.7 Å². The second kappa shape index (κ2) is 9.75. The number of alkyl halides is 3. The van der Waals surface area contributed by atoms with E-state index in [1.807, 2.05) is 66.7 Å². The number of nitrogens with zero attached hydrogens (tertiary/aromatic N) is 2. The second-order valence-electron chi connectivity index (χ2n) is 8.55. The van der Waals surface area contributed by atoms with Gasteiger partial charge in [0.05, 0.1) is 0 Å². The molecule has 0 aliphatic carbocycles. The van der Waals surface area contributed by atoms with Crippen molar-refractivity contribution in [3.63, 3.8) is 0 Å². The van der Waals surface area contributed by atoms with Crippen LogP contribution < -0.4 is 15.2 Å². The molecule has 1 aromatic heterocycles. The highest BCUT2D eigenvalue weighted by Gasteiger charge is 2.43. The minimum absolute atomic E-state index is 0.184. The zero-order chi connectivity index (χ0) is 27.8. The number of halogens is 4. The highest BCUT2D eigenvalue weighted by atomic mass is 19.4. The Balaban J connectivity index is 0.000000392. The Kier molecular flexibility index (Phi) is 6.43. The van der Waals surface area contributed by atoms with E-state index in [1.54, 1.807) is 12.1 Å². The quantitative estimate of drug-likeness (QED) is 0.273. The molecule has 0 saturated heterocycles. The number of aromatic nitrogens is 1. The van der Waals surface area contributed by atoms with Crippen LogP contribution in [-0.2, 0) is 10.3 Å². The van der Waals surface area contributed by atoms with Crippen LogP contribution in [-0.4, -0.2) is 34.9 Å². The summed E-state index contributed by atoms with van der Waals surface area (Å²) in [6, 6.07) is 24.9. The molecule has 3 N–H and O–H groups in total. The number of aliphatic carboxylic acids is 1. The van der Waals surface area contributed by atoms with Gasteiger partial charge < -0.3 is 20.3 Å². The molecule has 3 heterocycles. The van der Waals surface area contributed by atoms with Gasteiger partial charge >= 0.3 is 12.1 Å². The monoisotopic (exact) mass is 537 g/mol. The number of carboxylic acids is 1. The maximum absolute atomic E-state index is 14.5. The SMILES string of the molecule is NC1=NC(c2cccc(-c3cccnc3F)c2)(c2ccc3c(c2)OCO3)c2ccccc21.O=C(O)C(F)(F)F. The molecule has 7 nitrogen and oxygen atoms in total. The van der Waals surface area contributed by atoms with E-state index >= 15 is 0 Å². The normalized spacial score (nSPS) is 17.1. The van der Waals surface area contributed by atoms with Gasteiger partial charge in [0, 0.05) is 17.3 Å². The largest absolute Gasteiger partial charge is 0.490 e. The molecule has 2 aliphatic rings. The van der Waals surface area contributed by atoms with E-state index in [1.165, 1.54) is 6.20 Å². The van der Waals surface area contributed by atoms with E-state index in [2.05, 4.69) is 4.98 Å². The molecule has 0 bridgehead atoms. The van der Waals surface area contributed by atoms with Gasteiger partial charge in [0.2, 0.25) is 12.7 Å². The van der Waals surface area contributed by atoms with Crippen LogP contribution in [0.2, 0.25) is 0 Å². The van der Waals surface area contributed by atoms with Gasteiger partial charge in [-0.15, -0.1) is 0 Å². The summed E-state index contributed by atoms with van der Waals surface area (Å²) in [6.45, 7) is 0.184. The zero-order valence-electron chi connectivity index (χ0n) is 19.9. The van der Waals surface area contributed by atoms with Gasteiger partial charge in [0.15, 0.2) is 11.5 Å². The van der Waals surface area contributed by atoms with Gasteiger partial charge in [0.1, 0.15) is 11.4 Å². The fraction of sp³-hybridized carbons (Fsp3) is 0.107. The molecule has 1 unspecified atom stereocenters. The smallest absolute Gasteiger partial charge is 0.475 e. The molecule has 6 rings (SSSR count).